The zero-order chi connectivity index (χ0) is 12.3. The van der Waals surface area contributed by atoms with E-state index in [0.717, 1.165) is 4.34 Å². The molecule has 1 saturated carbocycles. The summed E-state index contributed by atoms with van der Waals surface area (Å²) < 4.78 is 0.857. The van der Waals surface area contributed by atoms with Crippen molar-refractivity contribution in [2.45, 2.75) is 44.2 Å². The summed E-state index contributed by atoms with van der Waals surface area (Å²) >= 11 is 7.67. The Morgan fingerprint density at radius 2 is 2.12 bits per heavy atom. The number of hydrogen-bond acceptors (Lipinski definition) is 3. The first kappa shape index (κ1) is 13.3. The van der Waals surface area contributed by atoms with Crippen LogP contribution in [0.15, 0.2) is 12.1 Å². The predicted molar refractivity (Wildman–Crippen MR) is 75.8 cm³/mol. The largest absolute Gasteiger partial charge is 0.329 e. The van der Waals surface area contributed by atoms with E-state index in [0.29, 0.717) is 18.6 Å². The van der Waals surface area contributed by atoms with Gasteiger partial charge in [-0.3, -0.25) is 4.90 Å². The molecule has 96 valence electrons. The van der Waals surface area contributed by atoms with E-state index in [1.165, 1.54) is 37.0 Å². The predicted octanol–water partition coefficient (Wildman–Crippen LogP) is 3.67. The molecule has 1 aromatic rings. The van der Waals surface area contributed by atoms with Gasteiger partial charge in [0.05, 0.1) is 10.4 Å². The van der Waals surface area contributed by atoms with Gasteiger partial charge in [-0.05, 0) is 32.0 Å². The molecule has 1 atom stereocenters. The molecule has 1 aliphatic rings. The second-order valence-corrected chi connectivity index (χ2v) is 6.60. The summed E-state index contributed by atoms with van der Waals surface area (Å²) in [6.07, 6.45) is 6.73. The number of halogens is 1. The number of nitrogens with two attached hydrogens (primary N) is 1. The van der Waals surface area contributed by atoms with Gasteiger partial charge in [0.15, 0.2) is 0 Å². The topological polar surface area (TPSA) is 29.3 Å². The van der Waals surface area contributed by atoms with Crippen LogP contribution in [0.5, 0.6) is 0 Å². The summed E-state index contributed by atoms with van der Waals surface area (Å²) in [6, 6.07) is 5.11. The second kappa shape index (κ2) is 6.19. The summed E-state index contributed by atoms with van der Waals surface area (Å²) in [5.74, 6) is 0. The molecule has 0 amide bonds. The number of thiophene rings is 1. The minimum atomic E-state index is 0.329. The third kappa shape index (κ3) is 3.22. The smallest absolute Gasteiger partial charge is 0.0931 e. The van der Waals surface area contributed by atoms with Crippen molar-refractivity contribution in [2.24, 2.45) is 5.73 Å². The van der Waals surface area contributed by atoms with Gasteiger partial charge in [-0.25, -0.2) is 0 Å². The van der Waals surface area contributed by atoms with Crippen LogP contribution >= 0.6 is 22.9 Å². The van der Waals surface area contributed by atoms with E-state index in [9.17, 15) is 0 Å². The highest BCUT2D eigenvalue weighted by molar-refractivity contribution is 7.16. The maximum absolute atomic E-state index is 6.01. The molecule has 0 aromatic carbocycles. The summed E-state index contributed by atoms with van der Waals surface area (Å²) in [5.41, 5.74) is 5.94. The standard InChI is InChI=1S/C13H21ClN2S/c1-16(10-5-3-2-4-6-10)11(9-15)12-7-8-13(14)17-12/h7-8,10-11H,2-6,9,15H2,1H3. The lowest BCUT2D eigenvalue weighted by molar-refractivity contribution is 0.142. The Kier molecular flexibility index (Phi) is 4.86. The van der Waals surface area contributed by atoms with Gasteiger partial charge in [0, 0.05) is 17.5 Å². The van der Waals surface area contributed by atoms with Crippen molar-refractivity contribution < 1.29 is 0 Å². The van der Waals surface area contributed by atoms with Crippen LogP contribution in [0.3, 0.4) is 0 Å². The average Bonchev–Trinajstić information content (AvgIpc) is 2.78. The summed E-state index contributed by atoms with van der Waals surface area (Å²) in [6.45, 7) is 0.670. The molecule has 0 aliphatic heterocycles. The Labute approximate surface area is 113 Å². The van der Waals surface area contributed by atoms with Crippen molar-refractivity contribution in [2.75, 3.05) is 13.6 Å². The Morgan fingerprint density at radius 1 is 1.41 bits per heavy atom. The van der Waals surface area contributed by atoms with E-state index >= 15 is 0 Å². The number of hydrogen-bond donors (Lipinski definition) is 1. The highest BCUT2D eigenvalue weighted by Gasteiger charge is 2.25. The van der Waals surface area contributed by atoms with E-state index in [-0.39, 0.29) is 0 Å². The fourth-order valence-electron chi connectivity index (χ4n) is 2.73. The molecule has 1 unspecified atom stereocenters. The van der Waals surface area contributed by atoms with Gasteiger partial charge in [0.2, 0.25) is 0 Å². The van der Waals surface area contributed by atoms with Crippen molar-refractivity contribution in [3.63, 3.8) is 0 Å². The Balaban J connectivity index is 2.06. The average molecular weight is 273 g/mol. The minimum absolute atomic E-state index is 0.329. The summed E-state index contributed by atoms with van der Waals surface area (Å²) in [7, 11) is 2.21. The van der Waals surface area contributed by atoms with E-state index in [1.807, 2.05) is 6.07 Å². The van der Waals surface area contributed by atoms with Gasteiger partial charge in [0.25, 0.3) is 0 Å². The van der Waals surface area contributed by atoms with Crippen LogP contribution in [0.4, 0.5) is 0 Å². The van der Waals surface area contributed by atoms with Crippen LogP contribution in [0.1, 0.15) is 43.0 Å². The highest BCUT2D eigenvalue weighted by Crippen LogP contribution is 2.33. The number of rotatable bonds is 4. The molecule has 0 saturated heterocycles. The van der Waals surface area contributed by atoms with Gasteiger partial charge in [-0.2, -0.15) is 0 Å². The van der Waals surface area contributed by atoms with E-state index < -0.39 is 0 Å². The zero-order valence-electron chi connectivity index (χ0n) is 10.4. The van der Waals surface area contributed by atoms with Gasteiger partial charge < -0.3 is 5.73 Å². The first-order chi connectivity index (χ1) is 8.22. The van der Waals surface area contributed by atoms with Crippen molar-refractivity contribution in [1.82, 2.24) is 4.90 Å². The lowest BCUT2D eigenvalue weighted by Crippen LogP contribution is -2.39. The first-order valence-corrected chi connectivity index (χ1v) is 7.59. The molecule has 2 N–H and O–H groups in total. The maximum Gasteiger partial charge on any atom is 0.0931 e. The normalized spacial score (nSPS) is 19.8. The molecule has 0 radical (unpaired) electrons. The van der Waals surface area contributed by atoms with Gasteiger partial charge in [-0.1, -0.05) is 30.9 Å². The highest BCUT2D eigenvalue weighted by atomic mass is 35.5. The Morgan fingerprint density at radius 3 is 2.65 bits per heavy atom. The Hall–Kier alpha value is -0.0900. The molecule has 0 spiro atoms. The SMILES string of the molecule is CN(C1CCCCC1)C(CN)c1ccc(Cl)s1. The molecule has 1 fully saturated rings. The fraction of sp³-hybridized carbons (Fsp3) is 0.692. The van der Waals surface area contributed by atoms with Crippen molar-refractivity contribution >= 4 is 22.9 Å². The molecule has 17 heavy (non-hydrogen) atoms. The van der Waals surface area contributed by atoms with Crippen LogP contribution in [0.2, 0.25) is 4.34 Å². The van der Waals surface area contributed by atoms with E-state index in [2.05, 4.69) is 18.0 Å². The molecular weight excluding hydrogens is 252 g/mol. The van der Waals surface area contributed by atoms with E-state index in [1.54, 1.807) is 11.3 Å². The minimum Gasteiger partial charge on any atom is -0.329 e. The third-order valence-corrected chi connectivity index (χ3v) is 5.12. The molecule has 1 aliphatic carbocycles. The molecule has 0 bridgehead atoms. The molecule has 2 rings (SSSR count). The molecule has 2 nitrogen and oxygen atoms in total. The van der Waals surface area contributed by atoms with Crippen molar-refractivity contribution in [3.8, 4) is 0 Å². The van der Waals surface area contributed by atoms with Crippen LogP contribution in [-0.4, -0.2) is 24.5 Å². The van der Waals surface area contributed by atoms with Crippen LogP contribution in [-0.2, 0) is 0 Å². The lowest BCUT2D eigenvalue weighted by atomic mass is 9.93. The van der Waals surface area contributed by atoms with Crippen LogP contribution in [0.25, 0.3) is 0 Å². The quantitative estimate of drug-likeness (QED) is 0.906. The third-order valence-electron chi connectivity index (χ3n) is 3.79. The zero-order valence-corrected chi connectivity index (χ0v) is 11.9. The lowest BCUT2D eigenvalue weighted by Gasteiger charge is -2.36. The summed E-state index contributed by atoms with van der Waals surface area (Å²) in [4.78, 5) is 3.76. The van der Waals surface area contributed by atoms with Gasteiger partial charge >= 0.3 is 0 Å². The van der Waals surface area contributed by atoms with Crippen LogP contribution in [0, 0.1) is 0 Å². The van der Waals surface area contributed by atoms with Gasteiger partial charge in [0.1, 0.15) is 0 Å². The molecule has 1 heterocycles. The van der Waals surface area contributed by atoms with Crippen molar-refractivity contribution in [3.05, 3.63) is 21.3 Å². The Bertz CT molecular complexity index is 347. The fourth-order valence-corrected chi connectivity index (χ4v) is 3.96. The molecule has 4 heteroatoms. The van der Waals surface area contributed by atoms with Gasteiger partial charge in [-0.15, -0.1) is 11.3 Å². The number of nitrogens with zero attached hydrogens (tertiary/aromatic N) is 1. The van der Waals surface area contributed by atoms with Crippen molar-refractivity contribution in [1.29, 1.82) is 0 Å². The number of likely N-dealkylation sites (N-methyl/N-ethyl adjacent to an activating group) is 1. The molecule has 1 aromatic heterocycles. The summed E-state index contributed by atoms with van der Waals surface area (Å²) in [5, 5.41) is 0. The van der Waals surface area contributed by atoms with Crippen LogP contribution < -0.4 is 5.73 Å². The van der Waals surface area contributed by atoms with E-state index in [4.69, 9.17) is 17.3 Å². The first-order valence-electron chi connectivity index (χ1n) is 6.39. The monoisotopic (exact) mass is 272 g/mol. The second-order valence-electron chi connectivity index (χ2n) is 4.85. The molecular formula is C13H21ClN2S. The maximum atomic E-state index is 6.01.